The van der Waals surface area contributed by atoms with Gasteiger partial charge in [-0.1, -0.05) is 50.2 Å². The van der Waals surface area contributed by atoms with Gasteiger partial charge in [0.15, 0.2) is 0 Å². The van der Waals surface area contributed by atoms with Crippen molar-refractivity contribution in [3.05, 3.63) is 94.5 Å². The Bertz CT molecular complexity index is 1350. The molecule has 0 spiro atoms. The molecule has 1 heterocycles. The van der Waals surface area contributed by atoms with E-state index in [1.165, 1.54) is 11.1 Å². The van der Waals surface area contributed by atoms with Gasteiger partial charge in [-0.05, 0) is 90.6 Å². The summed E-state index contributed by atoms with van der Waals surface area (Å²) < 4.78 is 11.4. The van der Waals surface area contributed by atoms with E-state index in [1.807, 2.05) is 42.5 Å². The van der Waals surface area contributed by atoms with Gasteiger partial charge in [0.1, 0.15) is 5.75 Å². The standard InChI is InChI=1S/C35H45N3O4/c1-24(2)27-9-7-10-29(20-27)35(12-13-35)37-22-33(39)32-19-25-8-6-11-31(18-25)42-15-5-4-14-36-30-17-26(23-41-3)16-28(21-30)34(40)38-32/h6-11,16-18,20-21,24,32-33,36-37,39H,4-5,12-15,19,22-23H2,1-3H3,(H,38,40). The molecule has 1 fully saturated rings. The maximum Gasteiger partial charge on any atom is 0.251 e. The van der Waals surface area contributed by atoms with Crippen LogP contribution in [0.5, 0.6) is 5.75 Å². The summed E-state index contributed by atoms with van der Waals surface area (Å²) in [6.07, 6.45) is 3.59. The van der Waals surface area contributed by atoms with Gasteiger partial charge in [0.25, 0.3) is 5.91 Å². The number of rotatable bonds is 8. The predicted octanol–water partition coefficient (Wildman–Crippen LogP) is 5.52. The molecule has 3 aromatic rings. The van der Waals surface area contributed by atoms with Crippen molar-refractivity contribution in [2.24, 2.45) is 0 Å². The third-order valence-corrected chi connectivity index (χ3v) is 8.38. The topological polar surface area (TPSA) is 91.9 Å². The van der Waals surface area contributed by atoms with Gasteiger partial charge in [0.2, 0.25) is 0 Å². The van der Waals surface area contributed by atoms with Crippen LogP contribution in [0.25, 0.3) is 0 Å². The second-order valence-electron chi connectivity index (χ2n) is 12.1. The van der Waals surface area contributed by atoms with Crippen molar-refractivity contribution in [1.29, 1.82) is 0 Å². The highest BCUT2D eigenvalue weighted by molar-refractivity contribution is 5.95. The first-order valence-corrected chi connectivity index (χ1v) is 15.3. The molecule has 7 heteroatoms. The fraction of sp³-hybridized carbons (Fsp3) is 0.457. The summed E-state index contributed by atoms with van der Waals surface area (Å²) in [6.45, 7) is 6.59. The van der Waals surface area contributed by atoms with Gasteiger partial charge in [-0.3, -0.25) is 4.79 Å². The molecule has 3 aromatic carbocycles. The zero-order valence-corrected chi connectivity index (χ0v) is 25.1. The molecule has 1 aliphatic heterocycles. The van der Waals surface area contributed by atoms with E-state index in [-0.39, 0.29) is 11.4 Å². The van der Waals surface area contributed by atoms with Crippen LogP contribution in [0.3, 0.4) is 0 Å². The number of methoxy groups -OCH3 is 1. The molecule has 5 rings (SSSR count). The van der Waals surface area contributed by atoms with Gasteiger partial charge in [0.05, 0.1) is 25.4 Å². The van der Waals surface area contributed by atoms with Crippen molar-refractivity contribution in [1.82, 2.24) is 10.6 Å². The Morgan fingerprint density at radius 3 is 2.69 bits per heavy atom. The molecule has 2 unspecified atom stereocenters. The summed E-state index contributed by atoms with van der Waals surface area (Å²) in [6, 6.07) is 22.0. The number of hydrogen-bond donors (Lipinski definition) is 4. The van der Waals surface area contributed by atoms with E-state index in [0.717, 1.165) is 54.8 Å². The Morgan fingerprint density at radius 2 is 1.90 bits per heavy atom. The number of aliphatic hydroxyl groups excluding tert-OH is 1. The van der Waals surface area contributed by atoms with Crippen molar-refractivity contribution >= 4 is 11.6 Å². The predicted molar refractivity (Wildman–Crippen MR) is 167 cm³/mol. The molecule has 7 nitrogen and oxygen atoms in total. The molecule has 42 heavy (non-hydrogen) atoms. The molecule has 0 radical (unpaired) electrons. The zero-order valence-electron chi connectivity index (χ0n) is 25.1. The Kier molecular flexibility index (Phi) is 9.83. The fourth-order valence-electron chi connectivity index (χ4n) is 5.71. The molecule has 1 saturated carbocycles. The van der Waals surface area contributed by atoms with Gasteiger partial charge in [-0.15, -0.1) is 0 Å². The highest BCUT2D eigenvalue weighted by Gasteiger charge is 2.44. The van der Waals surface area contributed by atoms with E-state index in [1.54, 1.807) is 7.11 Å². The number of aliphatic hydroxyl groups is 1. The number of benzene rings is 3. The molecule has 4 N–H and O–H groups in total. The molecule has 1 amide bonds. The van der Waals surface area contributed by atoms with Crippen LogP contribution in [-0.2, 0) is 23.3 Å². The number of anilines is 1. The quantitative estimate of drug-likeness (QED) is 0.285. The molecule has 1 aliphatic carbocycles. The van der Waals surface area contributed by atoms with Crippen LogP contribution in [0.15, 0.2) is 66.7 Å². The summed E-state index contributed by atoms with van der Waals surface area (Å²) in [5, 5.41) is 21.8. The fourth-order valence-corrected chi connectivity index (χ4v) is 5.71. The van der Waals surface area contributed by atoms with Crippen LogP contribution in [0.2, 0.25) is 0 Å². The second-order valence-corrected chi connectivity index (χ2v) is 12.1. The Morgan fingerprint density at radius 1 is 1.07 bits per heavy atom. The second kappa shape index (κ2) is 13.7. The summed E-state index contributed by atoms with van der Waals surface area (Å²) in [4.78, 5) is 13.7. The van der Waals surface area contributed by atoms with Crippen LogP contribution >= 0.6 is 0 Å². The van der Waals surface area contributed by atoms with Crippen molar-refractivity contribution < 1.29 is 19.4 Å². The number of amides is 1. The first-order valence-electron chi connectivity index (χ1n) is 15.3. The number of nitrogens with one attached hydrogen (secondary N) is 3. The van der Waals surface area contributed by atoms with Gasteiger partial charge in [-0.2, -0.15) is 0 Å². The molecule has 2 aliphatic rings. The lowest BCUT2D eigenvalue weighted by Gasteiger charge is -2.28. The van der Waals surface area contributed by atoms with Crippen LogP contribution in [-0.4, -0.2) is 50.0 Å². The summed E-state index contributed by atoms with van der Waals surface area (Å²) in [5.74, 6) is 1.05. The summed E-state index contributed by atoms with van der Waals surface area (Å²) >= 11 is 0. The maximum absolute atomic E-state index is 13.7. The lowest BCUT2D eigenvalue weighted by atomic mass is 9.95. The number of ether oxygens (including phenoxy) is 2. The van der Waals surface area contributed by atoms with Gasteiger partial charge in [0, 0.05) is 37.0 Å². The van der Waals surface area contributed by atoms with E-state index in [0.29, 0.717) is 37.7 Å². The summed E-state index contributed by atoms with van der Waals surface area (Å²) in [5.41, 5.74) is 5.81. The highest BCUT2D eigenvalue weighted by atomic mass is 16.5. The van der Waals surface area contributed by atoms with Crippen LogP contribution < -0.4 is 20.7 Å². The van der Waals surface area contributed by atoms with Crippen molar-refractivity contribution in [3.8, 4) is 5.75 Å². The van der Waals surface area contributed by atoms with Gasteiger partial charge in [-0.25, -0.2) is 0 Å². The first-order chi connectivity index (χ1) is 20.3. The van der Waals surface area contributed by atoms with Crippen LogP contribution in [0, 0.1) is 0 Å². The van der Waals surface area contributed by atoms with Crippen molar-refractivity contribution in [3.63, 3.8) is 0 Å². The monoisotopic (exact) mass is 571 g/mol. The average molecular weight is 572 g/mol. The third-order valence-electron chi connectivity index (χ3n) is 8.38. The number of fused-ring (bicyclic) bond motifs is 4. The average Bonchev–Trinajstić information content (AvgIpc) is 3.78. The van der Waals surface area contributed by atoms with Gasteiger partial charge >= 0.3 is 0 Å². The van der Waals surface area contributed by atoms with Crippen molar-refractivity contribution in [2.45, 2.75) is 76.2 Å². The Hall–Kier alpha value is -3.39. The zero-order chi connectivity index (χ0) is 29.5. The van der Waals surface area contributed by atoms with Gasteiger partial charge < -0.3 is 30.5 Å². The largest absolute Gasteiger partial charge is 0.494 e. The third kappa shape index (κ3) is 7.71. The smallest absolute Gasteiger partial charge is 0.251 e. The molecule has 0 saturated heterocycles. The molecule has 224 valence electrons. The SMILES string of the molecule is COCc1cc2cc(c1)C(=O)NC(C(O)CNC1(c3cccc(C(C)C)c3)CC1)Cc1cccc(c1)OCCCCN2. The molecule has 2 atom stereocenters. The van der Waals surface area contributed by atoms with E-state index >= 15 is 0 Å². The van der Waals surface area contributed by atoms with E-state index in [4.69, 9.17) is 9.47 Å². The number of carbonyl (C=O) groups excluding carboxylic acids is 1. The Labute approximate surface area is 250 Å². The van der Waals surface area contributed by atoms with Crippen LogP contribution in [0.4, 0.5) is 5.69 Å². The van der Waals surface area contributed by atoms with E-state index < -0.39 is 12.1 Å². The van der Waals surface area contributed by atoms with Crippen LogP contribution in [0.1, 0.15) is 78.1 Å². The minimum atomic E-state index is -0.803. The van der Waals surface area contributed by atoms with E-state index in [9.17, 15) is 9.90 Å². The number of carbonyl (C=O) groups is 1. The molecule has 4 bridgehead atoms. The Balaban J connectivity index is 1.38. The summed E-state index contributed by atoms with van der Waals surface area (Å²) in [7, 11) is 1.65. The molecule has 0 aromatic heterocycles. The van der Waals surface area contributed by atoms with E-state index in [2.05, 4.69) is 54.1 Å². The van der Waals surface area contributed by atoms with Crippen molar-refractivity contribution in [2.75, 3.05) is 32.1 Å². The number of hydrogen-bond acceptors (Lipinski definition) is 6. The minimum Gasteiger partial charge on any atom is -0.494 e. The lowest BCUT2D eigenvalue weighted by Crippen LogP contribution is -2.50. The lowest BCUT2D eigenvalue weighted by molar-refractivity contribution is 0.0822. The highest BCUT2D eigenvalue weighted by Crippen LogP contribution is 2.46. The molecular weight excluding hydrogens is 526 g/mol. The first kappa shape index (κ1) is 30.1. The maximum atomic E-state index is 13.7. The minimum absolute atomic E-state index is 0.128. The molecular formula is C35H45N3O4. The normalized spacial score (nSPS) is 19.4.